The van der Waals surface area contributed by atoms with Crippen LogP contribution in [-0.4, -0.2) is 37.2 Å². The van der Waals surface area contributed by atoms with E-state index in [9.17, 15) is 4.79 Å². The highest BCUT2D eigenvalue weighted by Crippen LogP contribution is 2.40. The first kappa shape index (κ1) is 22.1. The highest BCUT2D eigenvalue weighted by atomic mass is 16.5. The number of carbonyl (C=O) groups excluding carboxylic acids is 1. The Hall–Kier alpha value is -2.07. The number of aryl methyl sites for hydroxylation is 1. The van der Waals surface area contributed by atoms with Crippen molar-refractivity contribution in [2.75, 3.05) is 20.2 Å². The van der Waals surface area contributed by atoms with E-state index in [0.29, 0.717) is 5.41 Å². The smallest absolute Gasteiger partial charge is 0.311 e. The van der Waals surface area contributed by atoms with E-state index in [1.54, 1.807) is 0 Å². The van der Waals surface area contributed by atoms with Gasteiger partial charge in [-0.05, 0) is 66.3 Å². The van der Waals surface area contributed by atoms with Gasteiger partial charge in [0, 0.05) is 25.2 Å². The molecule has 2 fully saturated rings. The van der Waals surface area contributed by atoms with E-state index in [1.807, 2.05) is 0 Å². The quantitative estimate of drug-likeness (QED) is 0.575. The van der Waals surface area contributed by atoms with Gasteiger partial charge in [0.15, 0.2) is 0 Å². The summed E-state index contributed by atoms with van der Waals surface area (Å²) in [6.45, 7) is 11.6. The Bertz CT molecular complexity index is 931. The van der Waals surface area contributed by atoms with Crippen LogP contribution in [0.2, 0.25) is 0 Å². The van der Waals surface area contributed by atoms with Gasteiger partial charge in [-0.25, -0.2) is 0 Å². The van der Waals surface area contributed by atoms with Crippen molar-refractivity contribution < 1.29 is 14.3 Å². The molecule has 0 radical (unpaired) electrons. The number of rotatable bonds is 5. The lowest BCUT2D eigenvalue weighted by Gasteiger charge is -2.39. The zero-order chi connectivity index (χ0) is 22.2. The lowest BCUT2D eigenvalue weighted by atomic mass is 9.72. The molecule has 0 atom stereocenters. The second-order valence-electron chi connectivity index (χ2n) is 10.6. The highest BCUT2D eigenvalue weighted by molar-refractivity contribution is 5.90. The molecule has 168 valence electrons. The van der Waals surface area contributed by atoms with E-state index in [4.69, 9.17) is 9.47 Å². The van der Waals surface area contributed by atoms with Crippen molar-refractivity contribution in [1.82, 2.24) is 4.90 Å². The van der Waals surface area contributed by atoms with Gasteiger partial charge in [-0.15, -0.1) is 0 Å². The molecule has 2 aliphatic rings. The molecule has 4 heteroatoms. The maximum Gasteiger partial charge on any atom is 0.311 e. The van der Waals surface area contributed by atoms with Crippen molar-refractivity contribution >= 4 is 16.7 Å². The third kappa shape index (κ3) is 4.74. The third-order valence-electron chi connectivity index (χ3n) is 7.39. The molecule has 0 spiro atoms. The number of carbonyl (C=O) groups is 1. The molecule has 4 nitrogen and oxygen atoms in total. The summed E-state index contributed by atoms with van der Waals surface area (Å²) in [4.78, 5) is 14.1. The largest absolute Gasteiger partial charge is 0.490 e. The maximum absolute atomic E-state index is 11.8. The van der Waals surface area contributed by atoms with Gasteiger partial charge in [-0.2, -0.15) is 0 Å². The number of hydrogen-bond donors (Lipinski definition) is 0. The summed E-state index contributed by atoms with van der Waals surface area (Å²) in [5.41, 5.74) is 2.89. The van der Waals surface area contributed by atoms with Crippen LogP contribution in [0, 0.1) is 24.2 Å². The predicted molar refractivity (Wildman–Crippen MR) is 125 cm³/mol. The number of ether oxygens (including phenoxy) is 2. The zero-order valence-electron chi connectivity index (χ0n) is 19.7. The molecule has 1 saturated carbocycles. The Morgan fingerprint density at radius 1 is 1.06 bits per heavy atom. The summed E-state index contributed by atoms with van der Waals surface area (Å²) in [7, 11) is 1.47. The van der Waals surface area contributed by atoms with Crippen LogP contribution >= 0.6 is 0 Å². The fourth-order valence-electron chi connectivity index (χ4n) is 5.32. The Morgan fingerprint density at radius 2 is 1.71 bits per heavy atom. The number of likely N-dealkylation sites (tertiary alicyclic amines) is 1. The van der Waals surface area contributed by atoms with Crippen molar-refractivity contribution in [2.45, 2.75) is 66.0 Å². The Balaban J connectivity index is 1.54. The predicted octanol–water partition coefficient (Wildman–Crippen LogP) is 5.74. The molecule has 1 heterocycles. The standard InChI is InChI=1S/C27H37NO3/c1-18-14-25(31-21-12-10-20(11-13-21)27(2,3)4)24(23-9-7-6-8-22(18)23)17-28-15-19(16-28)26(29)30-5/h6-9,14,19-21H,10-13,15-17H2,1-5H3. The van der Waals surface area contributed by atoms with Crippen LogP contribution in [0.4, 0.5) is 0 Å². The average Bonchev–Trinajstić information content (AvgIpc) is 2.71. The minimum Gasteiger partial charge on any atom is -0.490 e. The molecule has 0 aromatic heterocycles. The van der Waals surface area contributed by atoms with Crippen LogP contribution in [-0.2, 0) is 16.1 Å². The van der Waals surface area contributed by atoms with Gasteiger partial charge in [0.1, 0.15) is 5.75 Å². The fourth-order valence-corrected chi connectivity index (χ4v) is 5.32. The molecule has 4 rings (SSSR count). The van der Waals surface area contributed by atoms with Crippen molar-refractivity contribution in [3.8, 4) is 5.75 Å². The molecule has 2 aromatic carbocycles. The monoisotopic (exact) mass is 423 g/mol. The van der Waals surface area contributed by atoms with Crippen LogP contribution in [0.25, 0.3) is 10.8 Å². The number of esters is 1. The first-order valence-corrected chi connectivity index (χ1v) is 11.7. The van der Waals surface area contributed by atoms with Gasteiger partial charge in [-0.1, -0.05) is 45.0 Å². The van der Waals surface area contributed by atoms with Crippen LogP contribution in [0.3, 0.4) is 0 Å². The molecule has 1 saturated heterocycles. The lowest BCUT2D eigenvalue weighted by molar-refractivity contribution is -0.151. The number of fused-ring (bicyclic) bond motifs is 1. The second-order valence-corrected chi connectivity index (χ2v) is 10.6. The van der Waals surface area contributed by atoms with E-state index >= 15 is 0 Å². The molecule has 0 N–H and O–H groups in total. The summed E-state index contributed by atoms with van der Waals surface area (Å²) >= 11 is 0. The summed E-state index contributed by atoms with van der Waals surface area (Å²) in [6, 6.07) is 10.8. The van der Waals surface area contributed by atoms with Crippen LogP contribution in [0.15, 0.2) is 30.3 Å². The zero-order valence-corrected chi connectivity index (χ0v) is 19.7. The summed E-state index contributed by atoms with van der Waals surface area (Å²) < 4.78 is 11.6. The maximum atomic E-state index is 11.8. The topological polar surface area (TPSA) is 38.8 Å². The van der Waals surface area contributed by atoms with E-state index in [2.05, 4.69) is 62.9 Å². The number of benzene rings is 2. The van der Waals surface area contributed by atoms with Crippen molar-refractivity contribution in [3.63, 3.8) is 0 Å². The minimum absolute atomic E-state index is 0.00115. The molecule has 0 amide bonds. The molecule has 1 aliphatic heterocycles. The molecule has 31 heavy (non-hydrogen) atoms. The summed E-state index contributed by atoms with van der Waals surface area (Å²) in [5.74, 6) is 1.70. The Labute approximate surface area is 186 Å². The minimum atomic E-state index is -0.0999. The first-order valence-electron chi connectivity index (χ1n) is 11.7. The van der Waals surface area contributed by atoms with E-state index in [0.717, 1.165) is 44.1 Å². The van der Waals surface area contributed by atoms with Gasteiger partial charge in [0.05, 0.1) is 19.1 Å². The molecule has 0 unspecified atom stereocenters. The van der Waals surface area contributed by atoms with Gasteiger partial charge >= 0.3 is 5.97 Å². The van der Waals surface area contributed by atoms with Gasteiger partial charge in [0.25, 0.3) is 0 Å². The normalized spacial score (nSPS) is 22.9. The van der Waals surface area contributed by atoms with Crippen LogP contribution in [0.5, 0.6) is 5.75 Å². The second kappa shape index (κ2) is 8.82. The summed E-state index contributed by atoms with van der Waals surface area (Å²) in [6.07, 6.45) is 5.02. The first-order chi connectivity index (χ1) is 14.8. The highest BCUT2D eigenvalue weighted by Gasteiger charge is 2.35. The number of nitrogens with zero attached hydrogens (tertiary/aromatic N) is 1. The molecular formula is C27H37NO3. The van der Waals surface area contributed by atoms with Gasteiger partial charge in [-0.3, -0.25) is 9.69 Å². The Kier molecular flexibility index (Phi) is 6.30. The van der Waals surface area contributed by atoms with E-state index in [-0.39, 0.29) is 18.0 Å². The molecule has 2 aromatic rings. The van der Waals surface area contributed by atoms with E-state index < -0.39 is 0 Å². The van der Waals surface area contributed by atoms with Crippen LogP contribution in [0.1, 0.15) is 57.6 Å². The third-order valence-corrected chi connectivity index (χ3v) is 7.39. The molecular weight excluding hydrogens is 386 g/mol. The SMILES string of the molecule is COC(=O)C1CN(Cc2c(OC3CCC(C(C)(C)C)CC3)cc(C)c3ccccc23)C1. The van der Waals surface area contributed by atoms with Gasteiger partial charge in [0.2, 0.25) is 0 Å². The molecule has 0 bridgehead atoms. The fraction of sp³-hybridized carbons (Fsp3) is 0.593. The average molecular weight is 424 g/mol. The number of methoxy groups -OCH3 is 1. The van der Waals surface area contributed by atoms with E-state index in [1.165, 1.54) is 41.9 Å². The van der Waals surface area contributed by atoms with Crippen molar-refractivity contribution in [1.29, 1.82) is 0 Å². The van der Waals surface area contributed by atoms with Crippen molar-refractivity contribution in [3.05, 3.63) is 41.5 Å². The van der Waals surface area contributed by atoms with Gasteiger partial charge < -0.3 is 9.47 Å². The summed E-state index contributed by atoms with van der Waals surface area (Å²) in [5, 5.41) is 2.55. The van der Waals surface area contributed by atoms with Crippen molar-refractivity contribution in [2.24, 2.45) is 17.3 Å². The molecule has 1 aliphatic carbocycles. The lowest BCUT2D eigenvalue weighted by Crippen LogP contribution is -2.50. The number of hydrogen-bond acceptors (Lipinski definition) is 4. The Morgan fingerprint density at radius 3 is 2.32 bits per heavy atom. The van der Waals surface area contributed by atoms with Crippen LogP contribution < -0.4 is 4.74 Å².